The fourth-order valence-electron chi connectivity index (χ4n) is 2.83. The average Bonchev–Trinajstić information content (AvgIpc) is 2.85. The lowest BCUT2D eigenvalue weighted by molar-refractivity contribution is -0.127. The van der Waals surface area contributed by atoms with Crippen molar-refractivity contribution < 1.29 is 9.59 Å². The number of rotatable bonds is 1. The number of piperidine rings is 1. The number of fused-ring (bicyclic) bond motifs is 1. The molecule has 1 saturated heterocycles. The third-order valence-electron chi connectivity index (χ3n) is 3.89. The topological polar surface area (TPSA) is 73.2 Å². The van der Waals surface area contributed by atoms with Gasteiger partial charge >= 0.3 is 0 Å². The molecule has 2 aliphatic rings. The Labute approximate surface area is 122 Å². The molecule has 1 fully saturated rings. The summed E-state index contributed by atoms with van der Waals surface area (Å²) in [7, 11) is 0. The molecule has 0 bridgehead atoms. The van der Waals surface area contributed by atoms with Crippen LogP contribution in [0, 0.1) is 11.3 Å². The zero-order chi connectivity index (χ0) is 14.8. The van der Waals surface area contributed by atoms with E-state index in [1.54, 1.807) is 29.2 Å². The number of anilines is 1. The van der Waals surface area contributed by atoms with Crippen LogP contribution in [0.25, 0.3) is 5.57 Å². The van der Waals surface area contributed by atoms with Crippen molar-refractivity contribution in [2.75, 3.05) is 18.4 Å². The number of benzene rings is 1. The molecule has 5 heteroatoms. The van der Waals surface area contributed by atoms with E-state index < -0.39 is 0 Å². The second-order valence-corrected chi connectivity index (χ2v) is 5.21. The number of hydrogen-bond donors (Lipinski definition) is 1. The van der Waals surface area contributed by atoms with Crippen molar-refractivity contribution in [2.45, 2.75) is 19.3 Å². The standard InChI is InChI=1S/C16H15N3O2/c17-10-12(16(21)19-8-4-1-5-9-19)14-11-6-2-3-7-13(11)18-15(14)20/h2-3,6-7H,1,4-5,8-9H2,(H,18,20)/b14-12+. The highest BCUT2D eigenvalue weighted by molar-refractivity contribution is 6.36. The van der Waals surface area contributed by atoms with Crippen LogP contribution in [-0.2, 0) is 9.59 Å². The van der Waals surface area contributed by atoms with Crippen LogP contribution >= 0.6 is 0 Å². The number of nitrogens with one attached hydrogen (secondary N) is 1. The highest BCUT2D eigenvalue weighted by Crippen LogP contribution is 2.34. The first kappa shape index (κ1) is 13.4. The minimum absolute atomic E-state index is 0.0562. The minimum Gasteiger partial charge on any atom is -0.338 e. The number of hydrogen-bond acceptors (Lipinski definition) is 3. The fraction of sp³-hybridized carbons (Fsp3) is 0.312. The van der Waals surface area contributed by atoms with Gasteiger partial charge in [-0.3, -0.25) is 9.59 Å². The van der Waals surface area contributed by atoms with Gasteiger partial charge in [-0.05, 0) is 25.3 Å². The van der Waals surface area contributed by atoms with Gasteiger partial charge in [-0.15, -0.1) is 0 Å². The Kier molecular flexibility index (Phi) is 3.44. The fourth-order valence-corrected chi connectivity index (χ4v) is 2.83. The summed E-state index contributed by atoms with van der Waals surface area (Å²) in [6.07, 6.45) is 3.00. The van der Waals surface area contributed by atoms with Gasteiger partial charge < -0.3 is 10.2 Å². The number of para-hydroxylation sites is 1. The van der Waals surface area contributed by atoms with Gasteiger partial charge in [0, 0.05) is 24.3 Å². The summed E-state index contributed by atoms with van der Waals surface area (Å²) in [5, 5.41) is 12.1. The predicted octanol–water partition coefficient (Wildman–Crippen LogP) is 1.93. The molecule has 3 rings (SSSR count). The third-order valence-corrected chi connectivity index (χ3v) is 3.89. The Balaban J connectivity index is 2.04. The molecule has 0 aliphatic carbocycles. The first-order valence-corrected chi connectivity index (χ1v) is 7.07. The zero-order valence-corrected chi connectivity index (χ0v) is 11.6. The second kappa shape index (κ2) is 5.41. The quantitative estimate of drug-likeness (QED) is 0.631. The van der Waals surface area contributed by atoms with E-state index >= 15 is 0 Å². The first-order valence-electron chi connectivity index (χ1n) is 7.07. The van der Waals surface area contributed by atoms with Crippen molar-refractivity contribution in [3.05, 3.63) is 35.4 Å². The van der Waals surface area contributed by atoms with Gasteiger partial charge in [-0.1, -0.05) is 18.2 Å². The summed E-state index contributed by atoms with van der Waals surface area (Å²) in [5.41, 5.74) is 1.42. The Morgan fingerprint density at radius 1 is 1.19 bits per heavy atom. The van der Waals surface area contributed by atoms with Crippen LogP contribution < -0.4 is 5.32 Å². The van der Waals surface area contributed by atoms with E-state index in [4.69, 9.17) is 0 Å². The van der Waals surface area contributed by atoms with Gasteiger partial charge in [-0.25, -0.2) is 0 Å². The molecule has 2 aliphatic heterocycles. The van der Waals surface area contributed by atoms with Crippen LogP contribution in [0.2, 0.25) is 0 Å². The van der Waals surface area contributed by atoms with Gasteiger partial charge in [0.05, 0.1) is 5.57 Å². The summed E-state index contributed by atoms with van der Waals surface area (Å²) in [6.45, 7) is 1.31. The summed E-state index contributed by atoms with van der Waals surface area (Å²) in [5.74, 6) is -0.711. The predicted molar refractivity (Wildman–Crippen MR) is 78.0 cm³/mol. The molecule has 1 N–H and O–H groups in total. The van der Waals surface area contributed by atoms with Crippen molar-refractivity contribution >= 4 is 23.1 Å². The van der Waals surface area contributed by atoms with Crippen LogP contribution in [-0.4, -0.2) is 29.8 Å². The van der Waals surface area contributed by atoms with Crippen LogP contribution in [0.3, 0.4) is 0 Å². The number of amides is 2. The van der Waals surface area contributed by atoms with Gasteiger partial charge in [-0.2, -0.15) is 5.26 Å². The number of carbonyl (C=O) groups is 2. The molecular weight excluding hydrogens is 266 g/mol. The Hall–Kier alpha value is -2.61. The van der Waals surface area contributed by atoms with E-state index in [1.807, 2.05) is 6.07 Å². The van der Waals surface area contributed by atoms with Crippen molar-refractivity contribution in [2.24, 2.45) is 0 Å². The number of nitrogens with zero attached hydrogens (tertiary/aromatic N) is 2. The Morgan fingerprint density at radius 3 is 2.62 bits per heavy atom. The number of nitriles is 1. The van der Waals surface area contributed by atoms with Crippen molar-refractivity contribution in [1.29, 1.82) is 5.26 Å². The van der Waals surface area contributed by atoms with Gasteiger partial charge in [0.2, 0.25) is 0 Å². The monoisotopic (exact) mass is 281 g/mol. The maximum absolute atomic E-state index is 12.5. The Bertz CT molecular complexity index is 679. The van der Waals surface area contributed by atoms with Gasteiger partial charge in [0.15, 0.2) is 0 Å². The molecule has 106 valence electrons. The van der Waals surface area contributed by atoms with E-state index in [1.165, 1.54) is 0 Å². The lowest BCUT2D eigenvalue weighted by Gasteiger charge is -2.26. The van der Waals surface area contributed by atoms with Crippen molar-refractivity contribution in [3.63, 3.8) is 0 Å². The summed E-state index contributed by atoms with van der Waals surface area (Å²) in [6, 6.07) is 9.06. The largest absolute Gasteiger partial charge is 0.338 e. The molecule has 2 amide bonds. The minimum atomic E-state index is -0.377. The summed E-state index contributed by atoms with van der Waals surface area (Å²) < 4.78 is 0. The van der Waals surface area contributed by atoms with Crippen LogP contribution in [0.15, 0.2) is 29.8 Å². The van der Waals surface area contributed by atoms with Crippen LogP contribution in [0.1, 0.15) is 24.8 Å². The van der Waals surface area contributed by atoms with E-state index in [2.05, 4.69) is 5.32 Å². The molecule has 1 aromatic rings. The molecule has 0 atom stereocenters. The van der Waals surface area contributed by atoms with Crippen LogP contribution in [0.4, 0.5) is 5.69 Å². The van der Waals surface area contributed by atoms with E-state index in [-0.39, 0.29) is 23.0 Å². The van der Waals surface area contributed by atoms with Crippen molar-refractivity contribution in [1.82, 2.24) is 4.90 Å². The van der Waals surface area contributed by atoms with Crippen LogP contribution in [0.5, 0.6) is 0 Å². The molecule has 1 aromatic carbocycles. The van der Waals surface area contributed by atoms with E-state index in [0.29, 0.717) is 24.3 Å². The molecule has 0 spiro atoms. The van der Waals surface area contributed by atoms with Crippen molar-refractivity contribution in [3.8, 4) is 6.07 Å². The lowest BCUT2D eigenvalue weighted by Crippen LogP contribution is -2.36. The third kappa shape index (κ3) is 2.29. The molecule has 0 saturated carbocycles. The SMILES string of the molecule is N#C/C(C(=O)N1CCCCC1)=C1\C(=O)Nc2ccccc21. The zero-order valence-electron chi connectivity index (χ0n) is 11.6. The molecule has 0 radical (unpaired) electrons. The molecule has 21 heavy (non-hydrogen) atoms. The Morgan fingerprint density at radius 2 is 1.90 bits per heavy atom. The van der Waals surface area contributed by atoms with E-state index in [9.17, 15) is 14.9 Å². The lowest BCUT2D eigenvalue weighted by atomic mass is 10.00. The summed E-state index contributed by atoms with van der Waals surface area (Å²) in [4.78, 5) is 26.3. The first-order chi connectivity index (χ1) is 10.2. The maximum Gasteiger partial charge on any atom is 0.265 e. The normalized spacial score (nSPS) is 19.6. The second-order valence-electron chi connectivity index (χ2n) is 5.21. The van der Waals surface area contributed by atoms with Gasteiger partial charge in [0.25, 0.3) is 11.8 Å². The molecule has 0 unspecified atom stereocenters. The summed E-state index contributed by atoms with van der Waals surface area (Å²) >= 11 is 0. The molecular formula is C16H15N3O2. The highest BCUT2D eigenvalue weighted by Gasteiger charge is 2.32. The van der Waals surface area contributed by atoms with Gasteiger partial charge in [0.1, 0.15) is 11.6 Å². The number of likely N-dealkylation sites (tertiary alicyclic amines) is 1. The smallest absolute Gasteiger partial charge is 0.265 e. The molecule has 0 aromatic heterocycles. The maximum atomic E-state index is 12.5. The molecule has 5 nitrogen and oxygen atoms in total. The molecule has 2 heterocycles. The number of carbonyl (C=O) groups excluding carboxylic acids is 2. The highest BCUT2D eigenvalue weighted by atomic mass is 16.2. The average molecular weight is 281 g/mol. The van der Waals surface area contributed by atoms with E-state index in [0.717, 1.165) is 19.3 Å².